The Labute approximate surface area is 116 Å². The fourth-order valence-corrected chi connectivity index (χ4v) is 2.23. The number of fused-ring (bicyclic) bond motifs is 1. The molecule has 1 aliphatic rings. The zero-order valence-electron chi connectivity index (χ0n) is 11.3. The van der Waals surface area contributed by atoms with Gasteiger partial charge >= 0.3 is 0 Å². The van der Waals surface area contributed by atoms with Crippen LogP contribution in [0.2, 0.25) is 0 Å². The van der Waals surface area contributed by atoms with Crippen LogP contribution in [0, 0.1) is 0 Å². The summed E-state index contributed by atoms with van der Waals surface area (Å²) in [6.07, 6.45) is 9.82. The fourth-order valence-electron chi connectivity index (χ4n) is 2.23. The van der Waals surface area contributed by atoms with Crippen LogP contribution in [0.4, 0.5) is 5.82 Å². The molecule has 20 heavy (non-hydrogen) atoms. The van der Waals surface area contributed by atoms with Gasteiger partial charge in [0.1, 0.15) is 11.8 Å². The van der Waals surface area contributed by atoms with Gasteiger partial charge < -0.3 is 11.1 Å². The second kappa shape index (κ2) is 4.96. The molecule has 0 aliphatic heterocycles. The van der Waals surface area contributed by atoms with E-state index in [0.717, 1.165) is 18.4 Å². The Morgan fingerprint density at radius 3 is 3.10 bits per heavy atom. The van der Waals surface area contributed by atoms with Gasteiger partial charge in [0.05, 0.1) is 5.56 Å². The molecule has 6 nitrogen and oxygen atoms in total. The average Bonchev–Trinajstić information content (AvgIpc) is 3.15. The lowest BCUT2D eigenvalue weighted by Gasteiger charge is -2.04. The minimum atomic E-state index is -0.0584. The Morgan fingerprint density at radius 2 is 2.40 bits per heavy atom. The number of hydrogen-bond donors (Lipinski definition) is 2. The van der Waals surface area contributed by atoms with Gasteiger partial charge in [-0.2, -0.15) is 5.10 Å². The molecule has 0 spiro atoms. The molecule has 2 aromatic rings. The molecule has 1 amide bonds. The Hall–Kier alpha value is -2.37. The minimum absolute atomic E-state index is 0.0584. The summed E-state index contributed by atoms with van der Waals surface area (Å²) in [7, 11) is 0. The highest BCUT2D eigenvalue weighted by atomic mass is 16.1. The number of nitrogen functional groups attached to an aromatic ring is 1. The number of carbonyl (C=O) groups excluding carboxylic acids is 1. The van der Waals surface area contributed by atoms with Crippen molar-refractivity contribution in [2.45, 2.75) is 32.2 Å². The van der Waals surface area contributed by atoms with E-state index in [-0.39, 0.29) is 5.91 Å². The summed E-state index contributed by atoms with van der Waals surface area (Å²) >= 11 is 0. The van der Waals surface area contributed by atoms with Crippen molar-refractivity contribution < 1.29 is 4.79 Å². The molecule has 0 saturated heterocycles. The van der Waals surface area contributed by atoms with Gasteiger partial charge in [-0.05, 0) is 31.7 Å². The van der Waals surface area contributed by atoms with E-state index >= 15 is 0 Å². The first-order valence-electron chi connectivity index (χ1n) is 6.73. The normalized spacial score (nSPS) is 15.1. The molecule has 3 rings (SSSR count). The van der Waals surface area contributed by atoms with Gasteiger partial charge in [-0.1, -0.05) is 12.2 Å². The Morgan fingerprint density at radius 1 is 1.60 bits per heavy atom. The Balaban J connectivity index is 2.08. The second-order valence-corrected chi connectivity index (χ2v) is 4.98. The molecule has 2 aromatic heterocycles. The summed E-state index contributed by atoms with van der Waals surface area (Å²) in [5.74, 6) is 0.335. The summed E-state index contributed by atoms with van der Waals surface area (Å²) in [5, 5.41) is 7.13. The number of carbonyl (C=O) groups is 1. The van der Waals surface area contributed by atoms with Crippen LogP contribution in [-0.4, -0.2) is 26.5 Å². The molecular weight excluding hydrogens is 254 g/mol. The molecule has 1 aliphatic carbocycles. The quantitative estimate of drug-likeness (QED) is 0.821. The van der Waals surface area contributed by atoms with Gasteiger partial charge in [0.15, 0.2) is 5.82 Å². The van der Waals surface area contributed by atoms with Crippen LogP contribution >= 0.6 is 0 Å². The lowest BCUT2D eigenvalue weighted by atomic mass is 10.1. The topological polar surface area (TPSA) is 85.3 Å². The van der Waals surface area contributed by atoms with E-state index in [2.05, 4.69) is 15.4 Å². The Bertz CT molecular complexity index is 684. The number of nitrogens with two attached hydrogens (primary N) is 1. The predicted octanol–water partition coefficient (Wildman–Crippen LogP) is 1.32. The number of nitrogens with one attached hydrogen (secondary N) is 1. The standard InChI is InChI=1S/C14H17N5O/c1-2-3-4-10-11(14(20)18-9-5-6-9)7-19-12(10)13(15)16-8-17-19/h2-3,7-9H,4-6H2,1H3,(H,18,20)(H2,15,16,17)/b3-2-. The molecule has 0 atom stereocenters. The fraction of sp³-hybridized carbons (Fsp3) is 0.357. The lowest BCUT2D eigenvalue weighted by Crippen LogP contribution is -2.25. The second-order valence-electron chi connectivity index (χ2n) is 4.98. The first-order chi connectivity index (χ1) is 9.70. The molecule has 0 bridgehead atoms. The zero-order chi connectivity index (χ0) is 14.1. The molecule has 0 unspecified atom stereocenters. The van der Waals surface area contributed by atoms with Crippen LogP contribution in [0.15, 0.2) is 24.7 Å². The molecule has 6 heteroatoms. The maximum atomic E-state index is 12.3. The molecule has 0 radical (unpaired) electrons. The van der Waals surface area contributed by atoms with Gasteiger partial charge in [0.25, 0.3) is 5.91 Å². The number of amides is 1. The molecule has 104 valence electrons. The SMILES string of the molecule is C/C=C\Cc1c(C(=O)NC2CC2)cn2ncnc(N)c12. The minimum Gasteiger partial charge on any atom is -0.382 e. The summed E-state index contributed by atoms with van der Waals surface area (Å²) in [6, 6.07) is 0.323. The Kier molecular flexibility index (Phi) is 3.14. The molecule has 3 N–H and O–H groups in total. The molecule has 2 heterocycles. The van der Waals surface area contributed by atoms with Crippen molar-refractivity contribution >= 4 is 17.2 Å². The summed E-state index contributed by atoms with van der Waals surface area (Å²) in [4.78, 5) is 16.3. The number of nitrogens with zero attached hydrogens (tertiary/aromatic N) is 3. The van der Waals surface area contributed by atoms with Crippen molar-refractivity contribution in [1.82, 2.24) is 19.9 Å². The number of rotatable bonds is 4. The largest absolute Gasteiger partial charge is 0.382 e. The van der Waals surface area contributed by atoms with Crippen molar-refractivity contribution in [3.05, 3.63) is 35.8 Å². The zero-order valence-corrected chi connectivity index (χ0v) is 11.3. The monoisotopic (exact) mass is 271 g/mol. The third-order valence-electron chi connectivity index (χ3n) is 3.42. The van der Waals surface area contributed by atoms with Gasteiger partial charge in [-0.15, -0.1) is 0 Å². The summed E-state index contributed by atoms with van der Waals surface area (Å²) in [5.41, 5.74) is 8.14. The van der Waals surface area contributed by atoms with Crippen LogP contribution in [0.3, 0.4) is 0 Å². The van der Waals surface area contributed by atoms with Crippen LogP contribution in [0.25, 0.3) is 5.52 Å². The van der Waals surface area contributed by atoms with Crippen LogP contribution in [0.5, 0.6) is 0 Å². The highest BCUT2D eigenvalue weighted by molar-refractivity contribution is 5.99. The number of allylic oxidation sites excluding steroid dienone is 2. The van der Waals surface area contributed by atoms with Gasteiger partial charge in [-0.25, -0.2) is 9.50 Å². The average molecular weight is 271 g/mol. The van der Waals surface area contributed by atoms with Crippen LogP contribution in [0.1, 0.15) is 35.7 Å². The van der Waals surface area contributed by atoms with E-state index in [9.17, 15) is 4.79 Å². The maximum absolute atomic E-state index is 12.3. The number of anilines is 1. The first kappa shape index (κ1) is 12.7. The highest BCUT2D eigenvalue weighted by Gasteiger charge is 2.26. The smallest absolute Gasteiger partial charge is 0.253 e. The van der Waals surface area contributed by atoms with E-state index in [0.29, 0.717) is 29.4 Å². The third kappa shape index (κ3) is 2.24. The van der Waals surface area contributed by atoms with Gasteiger partial charge in [0.2, 0.25) is 0 Å². The van der Waals surface area contributed by atoms with Crippen LogP contribution in [-0.2, 0) is 6.42 Å². The summed E-state index contributed by atoms with van der Waals surface area (Å²) in [6.45, 7) is 1.95. The van der Waals surface area contributed by atoms with Crippen molar-refractivity contribution in [3.63, 3.8) is 0 Å². The van der Waals surface area contributed by atoms with Crippen LogP contribution < -0.4 is 11.1 Å². The first-order valence-corrected chi connectivity index (χ1v) is 6.73. The van der Waals surface area contributed by atoms with Crippen molar-refractivity contribution in [1.29, 1.82) is 0 Å². The molecule has 1 fully saturated rings. The van der Waals surface area contributed by atoms with E-state index in [1.807, 2.05) is 19.1 Å². The van der Waals surface area contributed by atoms with E-state index in [4.69, 9.17) is 5.73 Å². The maximum Gasteiger partial charge on any atom is 0.253 e. The summed E-state index contributed by atoms with van der Waals surface area (Å²) < 4.78 is 1.63. The number of aromatic nitrogens is 3. The molecule has 1 saturated carbocycles. The highest BCUT2D eigenvalue weighted by Crippen LogP contribution is 2.25. The molecule has 0 aromatic carbocycles. The van der Waals surface area contributed by atoms with Crippen molar-refractivity contribution in [2.24, 2.45) is 0 Å². The van der Waals surface area contributed by atoms with Gasteiger partial charge in [0, 0.05) is 12.2 Å². The predicted molar refractivity (Wildman–Crippen MR) is 76.4 cm³/mol. The van der Waals surface area contributed by atoms with E-state index < -0.39 is 0 Å². The number of hydrogen-bond acceptors (Lipinski definition) is 4. The third-order valence-corrected chi connectivity index (χ3v) is 3.42. The molecular formula is C14H17N5O. The van der Waals surface area contributed by atoms with Gasteiger partial charge in [-0.3, -0.25) is 4.79 Å². The van der Waals surface area contributed by atoms with Crippen molar-refractivity contribution in [2.75, 3.05) is 5.73 Å². The lowest BCUT2D eigenvalue weighted by molar-refractivity contribution is 0.0950. The van der Waals surface area contributed by atoms with Crippen molar-refractivity contribution in [3.8, 4) is 0 Å². The van der Waals surface area contributed by atoms with E-state index in [1.54, 1.807) is 10.7 Å². The van der Waals surface area contributed by atoms with E-state index in [1.165, 1.54) is 6.33 Å².